The fourth-order valence-corrected chi connectivity index (χ4v) is 3.82. The minimum absolute atomic E-state index is 0.261. The summed E-state index contributed by atoms with van der Waals surface area (Å²) in [6, 6.07) is 10.2. The van der Waals surface area contributed by atoms with Gasteiger partial charge in [0.05, 0.1) is 5.25 Å². The second kappa shape index (κ2) is 6.41. The molecule has 2 heterocycles. The van der Waals surface area contributed by atoms with Crippen molar-refractivity contribution in [1.82, 2.24) is 19.7 Å². The normalized spacial score (nSPS) is 14.2. The van der Waals surface area contributed by atoms with Gasteiger partial charge in [-0.05, 0) is 50.1 Å². The third-order valence-corrected chi connectivity index (χ3v) is 5.71. The highest BCUT2D eigenvalue weighted by Gasteiger charge is 2.35. The number of hydrogen-bond donors (Lipinski definition) is 1. The molecule has 1 aliphatic carbocycles. The van der Waals surface area contributed by atoms with E-state index >= 15 is 0 Å². The molecule has 0 atom stereocenters. The molecule has 26 heavy (non-hydrogen) atoms. The molecular formula is C17H17N5O3S. The number of hydrogen-bond acceptors (Lipinski definition) is 6. The van der Waals surface area contributed by atoms with Gasteiger partial charge < -0.3 is 4.74 Å². The Bertz CT molecular complexity index is 1010. The number of ether oxygens (including phenoxy) is 1. The summed E-state index contributed by atoms with van der Waals surface area (Å²) in [5, 5.41) is 3.89. The van der Waals surface area contributed by atoms with E-state index in [1.165, 1.54) is 0 Å². The van der Waals surface area contributed by atoms with Crippen LogP contribution in [0.1, 0.15) is 18.7 Å². The zero-order valence-electron chi connectivity index (χ0n) is 14.0. The first-order valence-electron chi connectivity index (χ1n) is 8.15. The summed E-state index contributed by atoms with van der Waals surface area (Å²) in [5.74, 6) is 2.09. The smallest absolute Gasteiger partial charge is 0.235 e. The molecule has 2 aromatic heterocycles. The van der Waals surface area contributed by atoms with E-state index in [0.29, 0.717) is 29.0 Å². The van der Waals surface area contributed by atoms with Crippen LogP contribution in [-0.4, -0.2) is 33.4 Å². The molecule has 134 valence electrons. The average molecular weight is 371 g/mol. The Balaban J connectivity index is 1.51. The summed E-state index contributed by atoms with van der Waals surface area (Å²) >= 11 is 0. The van der Waals surface area contributed by atoms with Crippen molar-refractivity contribution in [2.45, 2.75) is 25.0 Å². The maximum absolute atomic E-state index is 12.0. The Morgan fingerprint density at radius 2 is 1.96 bits per heavy atom. The fraction of sp³-hybridized carbons (Fsp3) is 0.235. The SMILES string of the molecule is Cc1nc(Oc2ccc(NS(=O)(=O)C3CC3)cc2)cc(-n2cccn2)n1. The van der Waals surface area contributed by atoms with Gasteiger partial charge in [0.15, 0.2) is 5.82 Å². The third-order valence-electron chi connectivity index (χ3n) is 3.84. The van der Waals surface area contributed by atoms with Crippen molar-refractivity contribution in [1.29, 1.82) is 0 Å². The van der Waals surface area contributed by atoms with E-state index < -0.39 is 10.0 Å². The van der Waals surface area contributed by atoms with Crippen molar-refractivity contribution in [2.24, 2.45) is 0 Å². The number of nitrogens with zero attached hydrogens (tertiary/aromatic N) is 4. The summed E-state index contributed by atoms with van der Waals surface area (Å²) in [6.45, 7) is 1.77. The first kappa shape index (κ1) is 16.5. The van der Waals surface area contributed by atoms with E-state index in [-0.39, 0.29) is 5.25 Å². The van der Waals surface area contributed by atoms with E-state index in [9.17, 15) is 8.42 Å². The quantitative estimate of drug-likeness (QED) is 0.715. The highest BCUT2D eigenvalue weighted by Crippen LogP contribution is 2.30. The number of sulfonamides is 1. The number of anilines is 1. The maximum Gasteiger partial charge on any atom is 0.235 e. The van der Waals surface area contributed by atoms with E-state index in [4.69, 9.17) is 4.74 Å². The number of rotatable bonds is 6. The first-order valence-corrected chi connectivity index (χ1v) is 9.69. The Kier molecular flexibility index (Phi) is 4.08. The molecule has 1 N–H and O–H groups in total. The van der Waals surface area contributed by atoms with Crippen LogP contribution in [-0.2, 0) is 10.0 Å². The number of aromatic nitrogens is 4. The van der Waals surface area contributed by atoms with Gasteiger partial charge >= 0.3 is 0 Å². The van der Waals surface area contributed by atoms with E-state index in [1.54, 1.807) is 60.4 Å². The van der Waals surface area contributed by atoms with Crippen molar-refractivity contribution < 1.29 is 13.2 Å². The van der Waals surface area contributed by atoms with Crippen molar-refractivity contribution in [3.8, 4) is 17.4 Å². The molecule has 1 aliphatic rings. The van der Waals surface area contributed by atoms with Crippen molar-refractivity contribution in [3.05, 3.63) is 54.6 Å². The lowest BCUT2D eigenvalue weighted by Crippen LogP contribution is -2.17. The van der Waals surface area contributed by atoms with E-state index in [0.717, 1.165) is 12.8 Å². The van der Waals surface area contributed by atoms with Gasteiger partial charge in [-0.3, -0.25) is 4.72 Å². The summed E-state index contributed by atoms with van der Waals surface area (Å²) in [6.07, 6.45) is 4.90. The standard InChI is InChI=1S/C17H17N5O3S/c1-12-19-16(22-10-2-9-18-22)11-17(20-12)25-14-5-3-13(4-6-14)21-26(23,24)15-7-8-15/h2-6,9-11,15,21H,7-8H2,1H3. The molecule has 0 spiro atoms. The molecule has 0 radical (unpaired) electrons. The Morgan fingerprint density at radius 3 is 2.62 bits per heavy atom. The zero-order valence-corrected chi connectivity index (χ0v) is 14.8. The van der Waals surface area contributed by atoms with Gasteiger partial charge in [0, 0.05) is 24.1 Å². The van der Waals surface area contributed by atoms with Gasteiger partial charge in [0.25, 0.3) is 0 Å². The van der Waals surface area contributed by atoms with Crippen LogP contribution in [0.3, 0.4) is 0 Å². The van der Waals surface area contributed by atoms with Crippen LogP contribution >= 0.6 is 0 Å². The number of benzene rings is 1. The van der Waals surface area contributed by atoms with Crippen LogP contribution < -0.4 is 9.46 Å². The predicted octanol–water partition coefficient (Wildman–Crippen LogP) is 2.67. The van der Waals surface area contributed by atoms with Crippen LogP contribution in [0, 0.1) is 6.92 Å². The van der Waals surface area contributed by atoms with E-state index in [1.807, 2.05) is 0 Å². The zero-order chi connectivity index (χ0) is 18.1. The van der Waals surface area contributed by atoms with Gasteiger partial charge in [0.1, 0.15) is 11.6 Å². The molecule has 8 nitrogen and oxygen atoms in total. The largest absolute Gasteiger partial charge is 0.439 e. The minimum atomic E-state index is -3.27. The second-order valence-corrected chi connectivity index (χ2v) is 8.00. The van der Waals surface area contributed by atoms with Crippen LogP contribution in [0.5, 0.6) is 11.6 Å². The van der Waals surface area contributed by atoms with Gasteiger partial charge in [-0.1, -0.05) is 0 Å². The topological polar surface area (TPSA) is 99.0 Å². The lowest BCUT2D eigenvalue weighted by molar-refractivity contribution is 0.459. The molecular weight excluding hydrogens is 354 g/mol. The van der Waals surface area contributed by atoms with Crippen LogP contribution in [0.2, 0.25) is 0 Å². The molecule has 9 heteroatoms. The highest BCUT2D eigenvalue weighted by molar-refractivity contribution is 7.93. The summed E-state index contributed by atoms with van der Waals surface area (Å²) < 4.78 is 33.9. The monoisotopic (exact) mass is 371 g/mol. The summed E-state index contributed by atoms with van der Waals surface area (Å²) in [5.41, 5.74) is 0.514. The van der Waals surface area contributed by atoms with E-state index in [2.05, 4.69) is 19.8 Å². The minimum Gasteiger partial charge on any atom is -0.439 e. The summed E-state index contributed by atoms with van der Waals surface area (Å²) in [4.78, 5) is 8.59. The second-order valence-electron chi connectivity index (χ2n) is 6.04. The van der Waals surface area contributed by atoms with Gasteiger partial charge in [-0.15, -0.1) is 0 Å². The molecule has 0 unspecified atom stereocenters. The van der Waals surface area contributed by atoms with Gasteiger partial charge in [0.2, 0.25) is 15.9 Å². The first-order chi connectivity index (χ1) is 12.5. The lowest BCUT2D eigenvalue weighted by Gasteiger charge is -2.10. The van der Waals surface area contributed by atoms with Crippen LogP contribution in [0.25, 0.3) is 5.82 Å². The number of nitrogens with one attached hydrogen (secondary N) is 1. The van der Waals surface area contributed by atoms with Gasteiger partial charge in [-0.25, -0.2) is 18.1 Å². The molecule has 0 saturated heterocycles. The van der Waals surface area contributed by atoms with Crippen molar-refractivity contribution in [3.63, 3.8) is 0 Å². The molecule has 1 saturated carbocycles. The lowest BCUT2D eigenvalue weighted by atomic mass is 10.3. The fourth-order valence-electron chi connectivity index (χ4n) is 2.44. The van der Waals surface area contributed by atoms with Crippen molar-refractivity contribution >= 4 is 15.7 Å². The molecule has 3 aromatic rings. The molecule has 1 fully saturated rings. The molecule has 1 aromatic carbocycles. The Morgan fingerprint density at radius 1 is 1.19 bits per heavy atom. The Hall–Kier alpha value is -2.94. The molecule has 0 aliphatic heterocycles. The summed E-state index contributed by atoms with van der Waals surface area (Å²) in [7, 11) is -3.27. The van der Waals surface area contributed by atoms with Gasteiger partial charge in [-0.2, -0.15) is 10.1 Å². The molecule has 0 amide bonds. The van der Waals surface area contributed by atoms with Crippen LogP contribution in [0.15, 0.2) is 48.8 Å². The Labute approximate surface area is 150 Å². The molecule has 4 rings (SSSR count). The highest BCUT2D eigenvalue weighted by atomic mass is 32.2. The maximum atomic E-state index is 12.0. The van der Waals surface area contributed by atoms with Crippen molar-refractivity contribution in [2.75, 3.05) is 4.72 Å². The van der Waals surface area contributed by atoms with Crippen LogP contribution in [0.4, 0.5) is 5.69 Å². The third kappa shape index (κ3) is 3.67. The average Bonchev–Trinajstić information content (AvgIpc) is 3.32. The number of aryl methyl sites for hydroxylation is 1. The predicted molar refractivity (Wildman–Crippen MR) is 96.0 cm³/mol. The molecule has 0 bridgehead atoms.